The van der Waals surface area contributed by atoms with Crippen molar-refractivity contribution in [3.63, 3.8) is 0 Å². The van der Waals surface area contributed by atoms with Gasteiger partial charge in [0.1, 0.15) is 36.5 Å². The van der Waals surface area contributed by atoms with Crippen LogP contribution in [0.5, 0.6) is 5.75 Å². The Kier molecular flexibility index (Phi) is 10.6. The quantitative estimate of drug-likeness (QED) is 0.146. The second-order valence-electron chi connectivity index (χ2n) is 7.72. The second kappa shape index (κ2) is 13.7. The first-order valence-electron chi connectivity index (χ1n) is 10.8. The van der Waals surface area contributed by atoms with E-state index in [0.29, 0.717) is 29.5 Å². The van der Waals surface area contributed by atoms with E-state index in [4.69, 9.17) is 23.9 Å². The predicted octanol–water partition coefficient (Wildman–Crippen LogP) is 4.82. The molecule has 182 valence electrons. The Labute approximate surface area is 200 Å². The number of hydrogen-bond acceptors (Lipinski definition) is 8. The lowest BCUT2D eigenvalue weighted by Gasteiger charge is -2.12. The highest BCUT2D eigenvalue weighted by molar-refractivity contribution is 6.47. The van der Waals surface area contributed by atoms with Crippen LogP contribution in [0.3, 0.4) is 0 Å². The number of methoxy groups -OCH3 is 2. The van der Waals surface area contributed by atoms with Crippen LogP contribution in [0.2, 0.25) is 0 Å². The summed E-state index contributed by atoms with van der Waals surface area (Å²) in [6.45, 7) is 6.73. The third kappa shape index (κ3) is 7.65. The number of oxime groups is 2. The monoisotopic (exact) mass is 468 g/mol. The molecule has 0 radical (unpaired) electrons. The first-order chi connectivity index (χ1) is 16.4. The number of benzene rings is 2. The zero-order valence-electron chi connectivity index (χ0n) is 20.5. The largest absolute Gasteiger partial charge is 0.503 e. The van der Waals surface area contributed by atoms with Gasteiger partial charge in [0.25, 0.3) is 0 Å². The van der Waals surface area contributed by atoms with Crippen LogP contribution in [0.15, 0.2) is 65.1 Å². The van der Waals surface area contributed by atoms with E-state index < -0.39 is 5.97 Å². The van der Waals surface area contributed by atoms with Crippen molar-refractivity contribution in [3.8, 4) is 5.75 Å². The van der Waals surface area contributed by atoms with Crippen LogP contribution < -0.4 is 4.74 Å². The average molecular weight is 469 g/mol. The van der Waals surface area contributed by atoms with Gasteiger partial charge >= 0.3 is 5.97 Å². The molecule has 8 heteroatoms. The molecule has 0 fully saturated rings. The van der Waals surface area contributed by atoms with Gasteiger partial charge in [0, 0.05) is 11.1 Å². The Bertz CT molecular complexity index is 1030. The Morgan fingerprint density at radius 2 is 1.71 bits per heavy atom. The lowest BCUT2D eigenvalue weighted by atomic mass is 10.0. The predicted molar refractivity (Wildman–Crippen MR) is 132 cm³/mol. The maximum atomic E-state index is 12.2. The van der Waals surface area contributed by atoms with Gasteiger partial charge in [0.2, 0.25) is 0 Å². The third-order valence-corrected chi connectivity index (χ3v) is 4.61. The van der Waals surface area contributed by atoms with E-state index in [0.717, 1.165) is 16.9 Å². The molecule has 0 aromatic heterocycles. The van der Waals surface area contributed by atoms with E-state index in [1.807, 2.05) is 42.5 Å². The van der Waals surface area contributed by atoms with E-state index in [1.165, 1.54) is 27.6 Å². The number of esters is 1. The van der Waals surface area contributed by atoms with E-state index in [2.05, 4.69) is 24.2 Å². The summed E-state index contributed by atoms with van der Waals surface area (Å²) >= 11 is 0. The molecule has 0 heterocycles. The Hall–Kier alpha value is -3.81. The lowest BCUT2D eigenvalue weighted by Crippen LogP contribution is -2.14. The van der Waals surface area contributed by atoms with Crippen molar-refractivity contribution in [1.29, 1.82) is 0 Å². The van der Waals surface area contributed by atoms with E-state index in [9.17, 15) is 4.79 Å². The van der Waals surface area contributed by atoms with Crippen molar-refractivity contribution >= 4 is 23.0 Å². The summed E-state index contributed by atoms with van der Waals surface area (Å²) in [6.07, 6.45) is 1.34. The maximum Gasteiger partial charge on any atom is 0.341 e. The zero-order valence-corrected chi connectivity index (χ0v) is 20.5. The summed E-state index contributed by atoms with van der Waals surface area (Å²) in [7, 11) is 4.26. The molecule has 8 nitrogen and oxygen atoms in total. The number of rotatable bonds is 12. The van der Waals surface area contributed by atoms with Crippen molar-refractivity contribution in [2.45, 2.75) is 27.4 Å². The fraction of sp³-hybridized carbons (Fsp3) is 0.346. The normalized spacial score (nSPS) is 12.4. The highest BCUT2D eigenvalue weighted by Gasteiger charge is 2.17. The highest BCUT2D eigenvalue weighted by atomic mass is 16.6. The first kappa shape index (κ1) is 26.4. The number of ether oxygens (including phenoxy) is 3. The fourth-order valence-electron chi connectivity index (χ4n) is 2.99. The summed E-state index contributed by atoms with van der Waals surface area (Å²) in [6, 6.07) is 14.8. The van der Waals surface area contributed by atoms with Gasteiger partial charge in [-0.05, 0) is 42.7 Å². The van der Waals surface area contributed by atoms with E-state index in [-0.39, 0.29) is 12.2 Å². The third-order valence-electron chi connectivity index (χ3n) is 4.61. The fourth-order valence-corrected chi connectivity index (χ4v) is 2.99. The average Bonchev–Trinajstić information content (AvgIpc) is 2.85. The van der Waals surface area contributed by atoms with Crippen LogP contribution in [0.4, 0.5) is 0 Å². The molecule has 0 spiro atoms. The molecule has 0 saturated heterocycles. The van der Waals surface area contributed by atoms with Crippen molar-refractivity contribution in [2.24, 2.45) is 16.2 Å². The molecule has 2 aromatic rings. The van der Waals surface area contributed by atoms with Gasteiger partial charge in [0.05, 0.1) is 27.1 Å². The minimum atomic E-state index is -0.510. The van der Waals surface area contributed by atoms with Crippen LogP contribution >= 0.6 is 0 Å². The van der Waals surface area contributed by atoms with Gasteiger partial charge in [-0.3, -0.25) is 0 Å². The molecular formula is C26H32N2O6. The van der Waals surface area contributed by atoms with E-state index >= 15 is 0 Å². The summed E-state index contributed by atoms with van der Waals surface area (Å²) in [5.41, 5.74) is 3.51. The molecule has 2 rings (SSSR count). The summed E-state index contributed by atoms with van der Waals surface area (Å²) in [5, 5.41) is 8.32. The van der Waals surface area contributed by atoms with Crippen LogP contribution in [0.25, 0.3) is 5.57 Å². The SMILES string of the molecule is CO/C=C(\C(=O)OC)c1ccccc1CO/N=C(C)/C(=N\OC)c1ccc(OCC(C)C)cc1. The molecule has 0 aliphatic rings. The van der Waals surface area contributed by atoms with Gasteiger partial charge in [0.15, 0.2) is 0 Å². The minimum absolute atomic E-state index is 0.119. The van der Waals surface area contributed by atoms with Gasteiger partial charge in [-0.2, -0.15) is 0 Å². The standard InChI is InChI=1S/C26H32N2O6/c1-18(2)15-33-22-13-11-20(12-14-22)25(28-32-6)19(3)27-34-16-21-9-7-8-10-23(21)24(17-30-4)26(29)31-5/h7-14,17-18H,15-16H2,1-6H3/b24-17-,27-19+,28-25+. The molecule has 2 aromatic carbocycles. The summed E-state index contributed by atoms with van der Waals surface area (Å²) in [4.78, 5) is 22.8. The highest BCUT2D eigenvalue weighted by Crippen LogP contribution is 2.22. The van der Waals surface area contributed by atoms with Crippen LogP contribution in [-0.2, 0) is 30.6 Å². The van der Waals surface area contributed by atoms with Crippen LogP contribution in [-0.4, -0.2) is 45.3 Å². The molecule has 0 N–H and O–H groups in total. The van der Waals surface area contributed by atoms with Gasteiger partial charge in [-0.15, -0.1) is 0 Å². The topological polar surface area (TPSA) is 87.9 Å². The Balaban J connectivity index is 2.18. The molecule has 0 unspecified atom stereocenters. The second-order valence-corrected chi connectivity index (χ2v) is 7.72. The number of nitrogens with zero attached hydrogens (tertiary/aromatic N) is 2. The number of carbonyl (C=O) groups is 1. The summed E-state index contributed by atoms with van der Waals surface area (Å²) < 4.78 is 15.7. The molecular weight excluding hydrogens is 436 g/mol. The Morgan fingerprint density at radius 3 is 2.32 bits per heavy atom. The van der Waals surface area contributed by atoms with Crippen molar-refractivity contribution in [2.75, 3.05) is 27.9 Å². The van der Waals surface area contributed by atoms with Crippen molar-refractivity contribution in [1.82, 2.24) is 0 Å². The van der Waals surface area contributed by atoms with Gasteiger partial charge < -0.3 is 23.9 Å². The maximum absolute atomic E-state index is 12.2. The van der Waals surface area contributed by atoms with Gasteiger partial charge in [-0.1, -0.05) is 48.4 Å². The Morgan fingerprint density at radius 1 is 1.00 bits per heavy atom. The van der Waals surface area contributed by atoms with Crippen molar-refractivity contribution in [3.05, 3.63) is 71.5 Å². The van der Waals surface area contributed by atoms with Crippen molar-refractivity contribution < 1.29 is 28.7 Å². The molecule has 0 saturated carbocycles. The zero-order chi connectivity index (χ0) is 24.9. The summed E-state index contributed by atoms with van der Waals surface area (Å²) in [5.74, 6) is 0.710. The lowest BCUT2D eigenvalue weighted by molar-refractivity contribution is -0.133. The van der Waals surface area contributed by atoms with Crippen LogP contribution in [0.1, 0.15) is 37.5 Å². The van der Waals surface area contributed by atoms with Gasteiger partial charge in [-0.25, -0.2) is 4.79 Å². The molecule has 0 aliphatic carbocycles. The minimum Gasteiger partial charge on any atom is -0.503 e. The molecule has 34 heavy (non-hydrogen) atoms. The van der Waals surface area contributed by atoms with Crippen LogP contribution in [0, 0.1) is 5.92 Å². The first-order valence-corrected chi connectivity index (χ1v) is 10.8. The molecule has 0 bridgehead atoms. The number of carbonyl (C=O) groups excluding carboxylic acids is 1. The molecule has 0 atom stereocenters. The molecule has 0 aliphatic heterocycles. The number of hydrogen-bond donors (Lipinski definition) is 0. The smallest absolute Gasteiger partial charge is 0.341 e. The van der Waals surface area contributed by atoms with E-state index in [1.54, 1.807) is 13.0 Å². The molecule has 0 amide bonds.